The van der Waals surface area contributed by atoms with E-state index in [9.17, 15) is 14.5 Å². The smallest absolute Gasteiger partial charge is 0.272 e. The van der Waals surface area contributed by atoms with Crippen molar-refractivity contribution in [2.45, 2.75) is 13.0 Å². The summed E-state index contributed by atoms with van der Waals surface area (Å²) < 4.78 is 18.4. The lowest BCUT2D eigenvalue weighted by molar-refractivity contribution is -0.385. The van der Waals surface area contributed by atoms with Crippen molar-refractivity contribution < 1.29 is 19.3 Å². The Labute approximate surface area is 95.4 Å². The molecule has 92 valence electrons. The van der Waals surface area contributed by atoms with Gasteiger partial charge in [0.15, 0.2) is 23.5 Å². The molecule has 8 heteroatoms. The number of nitro groups is 1. The Kier molecular flexibility index (Phi) is 3.81. The summed E-state index contributed by atoms with van der Waals surface area (Å²) in [4.78, 5) is 9.64. The normalized spacial score (nSPS) is 13.2. The first-order chi connectivity index (χ1) is 7.95. The first-order valence-electron chi connectivity index (χ1n) is 4.53. The van der Waals surface area contributed by atoms with Gasteiger partial charge >= 0.3 is 0 Å². The highest BCUT2D eigenvalue weighted by molar-refractivity contribution is 5.84. The van der Waals surface area contributed by atoms with Gasteiger partial charge in [0.2, 0.25) is 0 Å². The van der Waals surface area contributed by atoms with Gasteiger partial charge in [-0.2, -0.15) is 0 Å². The van der Waals surface area contributed by atoms with E-state index in [1.165, 1.54) is 6.92 Å². The number of nitro benzene ring substituents is 1. The van der Waals surface area contributed by atoms with E-state index in [4.69, 9.17) is 15.7 Å². The van der Waals surface area contributed by atoms with Crippen molar-refractivity contribution in [3.05, 3.63) is 34.1 Å². The third-order valence-corrected chi connectivity index (χ3v) is 1.96. The Bertz CT molecular complexity index is 464. The third-order valence-electron chi connectivity index (χ3n) is 1.96. The largest absolute Gasteiger partial charge is 0.480 e. The maximum Gasteiger partial charge on any atom is 0.272 e. The summed E-state index contributed by atoms with van der Waals surface area (Å²) in [5.41, 5.74) is 4.85. The van der Waals surface area contributed by atoms with Crippen LogP contribution in [0.25, 0.3) is 0 Å². The van der Waals surface area contributed by atoms with Crippen LogP contribution in [0.4, 0.5) is 10.1 Å². The number of amidine groups is 1. The first kappa shape index (κ1) is 12.7. The van der Waals surface area contributed by atoms with Crippen LogP contribution in [0, 0.1) is 15.9 Å². The van der Waals surface area contributed by atoms with Crippen molar-refractivity contribution in [1.29, 1.82) is 0 Å². The monoisotopic (exact) mass is 243 g/mol. The number of nitrogens with zero attached hydrogens (tertiary/aromatic N) is 2. The average molecular weight is 243 g/mol. The molecule has 0 aliphatic carbocycles. The molecule has 0 aliphatic rings. The van der Waals surface area contributed by atoms with Gasteiger partial charge in [-0.15, -0.1) is 0 Å². The molecule has 0 saturated carbocycles. The van der Waals surface area contributed by atoms with Gasteiger partial charge in [-0.1, -0.05) is 5.16 Å². The number of ether oxygens (including phenoxy) is 1. The molecule has 0 spiro atoms. The highest BCUT2D eigenvalue weighted by atomic mass is 19.1. The molecule has 7 nitrogen and oxygen atoms in total. The van der Waals surface area contributed by atoms with E-state index in [0.29, 0.717) is 0 Å². The number of non-ortho nitro benzene ring substituents is 1. The molecular formula is C9H10FN3O4. The van der Waals surface area contributed by atoms with E-state index >= 15 is 0 Å². The van der Waals surface area contributed by atoms with Crippen molar-refractivity contribution in [3.63, 3.8) is 0 Å². The van der Waals surface area contributed by atoms with Gasteiger partial charge in [0.25, 0.3) is 5.69 Å². The van der Waals surface area contributed by atoms with Crippen LogP contribution in [0.1, 0.15) is 6.92 Å². The molecule has 0 amide bonds. The third kappa shape index (κ3) is 3.03. The summed E-state index contributed by atoms with van der Waals surface area (Å²) >= 11 is 0. The predicted octanol–water partition coefficient (Wildman–Crippen LogP) is 1.25. The van der Waals surface area contributed by atoms with Crippen LogP contribution >= 0.6 is 0 Å². The van der Waals surface area contributed by atoms with Crippen LogP contribution < -0.4 is 10.5 Å². The predicted molar refractivity (Wildman–Crippen MR) is 56.6 cm³/mol. The second-order valence-corrected chi connectivity index (χ2v) is 3.16. The average Bonchev–Trinajstić information content (AvgIpc) is 2.30. The highest BCUT2D eigenvalue weighted by Crippen LogP contribution is 2.23. The summed E-state index contributed by atoms with van der Waals surface area (Å²) in [6.07, 6.45) is -0.851. The minimum Gasteiger partial charge on any atom is -0.480 e. The van der Waals surface area contributed by atoms with E-state index in [0.717, 1.165) is 18.2 Å². The van der Waals surface area contributed by atoms with Crippen molar-refractivity contribution in [3.8, 4) is 5.75 Å². The van der Waals surface area contributed by atoms with Crippen LogP contribution in [0.2, 0.25) is 0 Å². The number of oxime groups is 1. The van der Waals surface area contributed by atoms with E-state index in [2.05, 4.69) is 5.16 Å². The first-order valence-corrected chi connectivity index (χ1v) is 4.53. The standard InChI is InChI=1S/C9H10FN3O4/c1-5(9(11)12-14)17-8-3-2-6(13(15)16)4-7(8)10/h2-5,14H,1H3,(H2,11,12). The quantitative estimate of drug-likeness (QED) is 0.272. The summed E-state index contributed by atoms with van der Waals surface area (Å²) in [5, 5.41) is 21.4. The Morgan fingerprint density at radius 3 is 2.82 bits per heavy atom. The molecule has 0 heterocycles. The fourth-order valence-corrected chi connectivity index (χ4v) is 1.03. The zero-order chi connectivity index (χ0) is 13.0. The minimum absolute atomic E-state index is 0.213. The van der Waals surface area contributed by atoms with E-state index in [1.54, 1.807) is 0 Å². The molecule has 0 aromatic heterocycles. The molecule has 0 radical (unpaired) electrons. The summed E-state index contributed by atoms with van der Waals surface area (Å²) in [6.45, 7) is 1.44. The van der Waals surface area contributed by atoms with E-state index in [1.807, 2.05) is 0 Å². The summed E-state index contributed by atoms with van der Waals surface area (Å²) in [5.74, 6) is -1.34. The van der Waals surface area contributed by atoms with Gasteiger partial charge in [0.05, 0.1) is 11.0 Å². The molecule has 3 N–H and O–H groups in total. The van der Waals surface area contributed by atoms with Crippen molar-refractivity contribution >= 4 is 11.5 Å². The Morgan fingerprint density at radius 2 is 2.35 bits per heavy atom. The second kappa shape index (κ2) is 5.10. The minimum atomic E-state index is -0.892. The summed E-state index contributed by atoms with van der Waals surface area (Å²) in [6, 6.07) is 2.93. The molecule has 1 aromatic rings. The lowest BCUT2D eigenvalue weighted by Gasteiger charge is -2.13. The molecule has 0 saturated heterocycles. The zero-order valence-electron chi connectivity index (χ0n) is 8.83. The van der Waals surface area contributed by atoms with E-state index < -0.39 is 16.8 Å². The lowest BCUT2D eigenvalue weighted by atomic mass is 10.3. The zero-order valence-corrected chi connectivity index (χ0v) is 8.83. The number of hydrogen-bond donors (Lipinski definition) is 2. The van der Waals surface area contributed by atoms with Crippen molar-refractivity contribution in [2.24, 2.45) is 10.9 Å². The van der Waals surface area contributed by atoms with Crippen LogP contribution in [0.3, 0.4) is 0 Å². The van der Waals surface area contributed by atoms with Crippen molar-refractivity contribution in [2.75, 3.05) is 0 Å². The molecule has 1 unspecified atom stereocenters. The van der Waals surface area contributed by atoms with E-state index in [-0.39, 0.29) is 17.3 Å². The number of halogens is 1. The van der Waals surface area contributed by atoms with Gasteiger partial charge < -0.3 is 15.7 Å². The fraction of sp³-hybridized carbons (Fsp3) is 0.222. The Morgan fingerprint density at radius 1 is 1.71 bits per heavy atom. The Hall–Kier alpha value is -2.38. The molecule has 1 aromatic carbocycles. The second-order valence-electron chi connectivity index (χ2n) is 3.16. The molecule has 0 bridgehead atoms. The number of benzene rings is 1. The van der Waals surface area contributed by atoms with Gasteiger partial charge in [0, 0.05) is 6.07 Å². The molecule has 0 aliphatic heterocycles. The number of rotatable bonds is 4. The van der Waals surface area contributed by atoms with Gasteiger partial charge in [0.1, 0.15) is 0 Å². The highest BCUT2D eigenvalue weighted by Gasteiger charge is 2.15. The Balaban J connectivity index is 2.90. The van der Waals surface area contributed by atoms with Crippen LogP contribution in [-0.2, 0) is 0 Å². The topological polar surface area (TPSA) is 111 Å². The van der Waals surface area contributed by atoms with Crippen LogP contribution in [0.5, 0.6) is 5.75 Å². The van der Waals surface area contributed by atoms with Gasteiger partial charge in [-0.05, 0) is 13.0 Å². The van der Waals surface area contributed by atoms with Crippen molar-refractivity contribution in [1.82, 2.24) is 0 Å². The lowest BCUT2D eigenvalue weighted by Crippen LogP contribution is -2.31. The SMILES string of the molecule is CC(Oc1ccc([N+](=O)[O-])cc1F)C(N)=NO. The molecule has 1 atom stereocenters. The molecular weight excluding hydrogens is 233 g/mol. The maximum atomic E-state index is 13.4. The number of hydrogen-bond acceptors (Lipinski definition) is 5. The van der Waals surface area contributed by atoms with Crippen LogP contribution in [0.15, 0.2) is 23.4 Å². The van der Waals surface area contributed by atoms with Gasteiger partial charge in [-0.25, -0.2) is 4.39 Å². The van der Waals surface area contributed by atoms with Gasteiger partial charge in [-0.3, -0.25) is 10.1 Å². The summed E-state index contributed by atoms with van der Waals surface area (Å²) in [7, 11) is 0. The fourth-order valence-electron chi connectivity index (χ4n) is 1.03. The molecule has 0 fully saturated rings. The molecule has 17 heavy (non-hydrogen) atoms. The number of nitrogens with two attached hydrogens (primary N) is 1. The maximum absolute atomic E-state index is 13.4. The molecule has 1 rings (SSSR count). The van der Waals surface area contributed by atoms with Crippen LogP contribution in [-0.4, -0.2) is 22.1 Å².